The van der Waals surface area contributed by atoms with Crippen molar-refractivity contribution in [1.29, 1.82) is 0 Å². The third-order valence-electron chi connectivity index (χ3n) is 2.58. The minimum atomic E-state index is -4.63. The summed E-state index contributed by atoms with van der Waals surface area (Å²) in [5, 5.41) is 2.89. The molecule has 1 N–H and O–H groups in total. The molecule has 2 rings (SSSR count). The van der Waals surface area contributed by atoms with Crippen molar-refractivity contribution >= 4 is 58.7 Å². The summed E-state index contributed by atoms with van der Waals surface area (Å²) in [6.45, 7) is 0.338. The maximum absolute atomic E-state index is 12.7. The van der Waals surface area contributed by atoms with Crippen LogP contribution in [0, 0.1) is 0 Å². The normalized spacial score (nSPS) is 11.9. The SMILES string of the molecule is O=S(=O)(c1ccccc1NCc1cc(Br)c(Br)s1)C(F)F. The predicted octanol–water partition coefficient (Wildman–Crippen LogP) is 4.88. The summed E-state index contributed by atoms with van der Waals surface area (Å²) in [7, 11) is -4.63. The number of hydrogen-bond donors (Lipinski definition) is 1. The Morgan fingerprint density at radius 2 is 1.90 bits per heavy atom. The molecule has 0 unspecified atom stereocenters. The lowest BCUT2D eigenvalue weighted by Crippen LogP contribution is -2.14. The Morgan fingerprint density at radius 3 is 2.48 bits per heavy atom. The summed E-state index contributed by atoms with van der Waals surface area (Å²) in [4.78, 5) is 0.535. The first-order chi connectivity index (χ1) is 9.82. The van der Waals surface area contributed by atoms with Crippen LogP contribution in [0.4, 0.5) is 14.5 Å². The van der Waals surface area contributed by atoms with Crippen molar-refractivity contribution in [2.24, 2.45) is 0 Å². The van der Waals surface area contributed by atoms with E-state index >= 15 is 0 Å². The van der Waals surface area contributed by atoms with E-state index < -0.39 is 20.5 Å². The summed E-state index contributed by atoms with van der Waals surface area (Å²) in [6, 6.07) is 7.51. The van der Waals surface area contributed by atoms with Gasteiger partial charge in [-0.3, -0.25) is 0 Å². The van der Waals surface area contributed by atoms with Crippen molar-refractivity contribution in [3.8, 4) is 0 Å². The van der Waals surface area contributed by atoms with E-state index in [9.17, 15) is 17.2 Å². The lowest BCUT2D eigenvalue weighted by molar-refractivity contribution is 0.235. The fourth-order valence-corrected chi connectivity index (χ4v) is 4.64. The third kappa shape index (κ3) is 3.82. The number of anilines is 1. The number of alkyl halides is 2. The van der Waals surface area contributed by atoms with Crippen LogP contribution in [0.2, 0.25) is 0 Å². The molecule has 0 aliphatic heterocycles. The molecule has 0 radical (unpaired) electrons. The van der Waals surface area contributed by atoms with Gasteiger partial charge in [-0.1, -0.05) is 12.1 Å². The highest BCUT2D eigenvalue weighted by Crippen LogP contribution is 2.33. The van der Waals surface area contributed by atoms with Gasteiger partial charge in [-0.05, 0) is 50.1 Å². The topological polar surface area (TPSA) is 46.2 Å². The molecule has 1 aromatic carbocycles. The molecule has 21 heavy (non-hydrogen) atoms. The molecule has 0 spiro atoms. The fraction of sp³-hybridized carbons (Fsp3) is 0.167. The maximum atomic E-state index is 12.7. The Kier molecular flexibility index (Phi) is 5.39. The second-order valence-electron chi connectivity index (χ2n) is 3.99. The van der Waals surface area contributed by atoms with E-state index in [1.54, 1.807) is 6.07 Å². The van der Waals surface area contributed by atoms with E-state index in [-0.39, 0.29) is 5.69 Å². The van der Waals surface area contributed by atoms with Crippen LogP contribution in [0.1, 0.15) is 4.88 Å². The second-order valence-corrected chi connectivity index (χ2v) is 9.18. The average Bonchev–Trinajstić information content (AvgIpc) is 2.75. The molecule has 0 saturated heterocycles. The van der Waals surface area contributed by atoms with E-state index in [2.05, 4.69) is 37.2 Å². The van der Waals surface area contributed by atoms with E-state index in [1.807, 2.05) is 6.07 Å². The Bertz CT molecular complexity index is 728. The van der Waals surface area contributed by atoms with Gasteiger partial charge in [0.15, 0.2) is 0 Å². The van der Waals surface area contributed by atoms with E-state index in [0.29, 0.717) is 6.54 Å². The molecule has 2 aromatic rings. The summed E-state index contributed by atoms with van der Waals surface area (Å²) < 4.78 is 50.4. The number of nitrogens with one attached hydrogen (secondary N) is 1. The molecule has 0 atom stereocenters. The number of rotatable bonds is 5. The van der Waals surface area contributed by atoms with Gasteiger partial charge in [-0.25, -0.2) is 8.42 Å². The molecular formula is C12H9Br2F2NO2S2. The van der Waals surface area contributed by atoms with Gasteiger partial charge in [0.05, 0.1) is 14.4 Å². The number of hydrogen-bond acceptors (Lipinski definition) is 4. The number of benzene rings is 1. The lowest BCUT2D eigenvalue weighted by atomic mass is 10.3. The van der Waals surface area contributed by atoms with Crippen LogP contribution < -0.4 is 5.32 Å². The van der Waals surface area contributed by atoms with Gasteiger partial charge in [-0.2, -0.15) is 8.78 Å². The first-order valence-electron chi connectivity index (χ1n) is 5.61. The number of thiophene rings is 1. The summed E-state index contributed by atoms with van der Waals surface area (Å²) in [5.74, 6) is -3.44. The number of para-hydroxylation sites is 1. The van der Waals surface area contributed by atoms with Gasteiger partial charge in [0.25, 0.3) is 0 Å². The fourth-order valence-electron chi connectivity index (χ4n) is 1.62. The maximum Gasteiger partial charge on any atom is 0.341 e. The predicted molar refractivity (Wildman–Crippen MR) is 86.7 cm³/mol. The van der Waals surface area contributed by atoms with Crippen molar-refractivity contribution in [3.05, 3.63) is 43.5 Å². The van der Waals surface area contributed by atoms with Crippen LogP contribution >= 0.6 is 43.2 Å². The van der Waals surface area contributed by atoms with Gasteiger partial charge in [0.1, 0.15) is 0 Å². The van der Waals surface area contributed by atoms with Crippen LogP contribution in [0.3, 0.4) is 0 Å². The van der Waals surface area contributed by atoms with Crippen molar-refractivity contribution in [1.82, 2.24) is 0 Å². The third-order valence-corrected chi connectivity index (χ3v) is 7.27. The Labute approximate surface area is 141 Å². The monoisotopic (exact) mass is 459 g/mol. The van der Waals surface area contributed by atoms with Crippen LogP contribution in [0.25, 0.3) is 0 Å². The minimum absolute atomic E-state index is 0.165. The van der Waals surface area contributed by atoms with Gasteiger partial charge < -0.3 is 5.32 Å². The van der Waals surface area contributed by atoms with Crippen LogP contribution in [-0.4, -0.2) is 14.2 Å². The van der Waals surface area contributed by atoms with Crippen LogP contribution in [-0.2, 0) is 16.4 Å². The van der Waals surface area contributed by atoms with Gasteiger partial charge in [-0.15, -0.1) is 11.3 Å². The second kappa shape index (κ2) is 6.72. The van der Waals surface area contributed by atoms with Crippen molar-refractivity contribution < 1.29 is 17.2 Å². The summed E-state index contributed by atoms with van der Waals surface area (Å²) in [6.07, 6.45) is 0. The van der Waals surface area contributed by atoms with E-state index in [1.165, 1.54) is 29.5 Å². The Morgan fingerprint density at radius 1 is 1.24 bits per heavy atom. The molecular weight excluding hydrogens is 452 g/mol. The molecule has 0 saturated carbocycles. The largest absolute Gasteiger partial charge is 0.379 e. The molecule has 0 fully saturated rings. The Hall–Kier alpha value is -0.510. The molecule has 0 amide bonds. The Balaban J connectivity index is 2.25. The highest BCUT2D eigenvalue weighted by Gasteiger charge is 2.28. The number of sulfone groups is 1. The molecule has 0 bridgehead atoms. The van der Waals surface area contributed by atoms with E-state index in [0.717, 1.165) is 13.1 Å². The van der Waals surface area contributed by atoms with Crippen molar-refractivity contribution in [3.63, 3.8) is 0 Å². The first kappa shape index (κ1) is 16.9. The minimum Gasteiger partial charge on any atom is -0.379 e. The molecule has 3 nitrogen and oxygen atoms in total. The zero-order chi connectivity index (χ0) is 15.6. The number of halogens is 4. The zero-order valence-corrected chi connectivity index (χ0v) is 15.1. The van der Waals surface area contributed by atoms with Gasteiger partial charge >= 0.3 is 5.76 Å². The zero-order valence-electron chi connectivity index (χ0n) is 10.3. The molecule has 0 aliphatic carbocycles. The molecule has 1 aromatic heterocycles. The molecule has 0 aliphatic rings. The van der Waals surface area contributed by atoms with Gasteiger partial charge in [0.2, 0.25) is 9.84 Å². The van der Waals surface area contributed by atoms with E-state index in [4.69, 9.17) is 0 Å². The highest BCUT2D eigenvalue weighted by atomic mass is 79.9. The first-order valence-corrected chi connectivity index (χ1v) is 9.56. The molecule has 114 valence electrons. The van der Waals surface area contributed by atoms with Crippen molar-refractivity contribution in [2.75, 3.05) is 5.32 Å². The summed E-state index contributed by atoms with van der Waals surface area (Å²) in [5.41, 5.74) is 0.165. The van der Waals surface area contributed by atoms with Crippen molar-refractivity contribution in [2.45, 2.75) is 17.2 Å². The molecule has 9 heteroatoms. The standard InChI is InChI=1S/C12H9Br2F2NO2S2/c13-8-5-7(20-11(8)14)6-17-9-3-1-2-4-10(9)21(18,19)12(15)16/h1-5,12,17H,6H2. The average molecular weight is 461 g/mol. The highest BCUT2D eigenvalue weighted by molar-refractivity contribution is 9.13. The van der Waals surface area contributed by atoms with Crippen LogP contribution in [0.5, 0.6) is 0 Å². The summed E-state index contributed by atoms with van der Waals surface area (Å²) >= 11 is 8.17. The smallest absolute Gasteiger partial charge is 0.341 e. The quantitative estimate of drug-likeness (QED) is 0.691. The van der Waals surface area contributed by atoms with Gasteiger partial charge in [0, 0.05) is 15.9 Å². The molecule has 1 heterocycles. The van der Waals surface area contributed by atoms with Crippen LogP contribution in [0.15, 0.2) is 43.5 Å². The lowest BCUT2D eigenvalue weighted by Gasteiger charge is -2.11.